The van der Waals surface area contributed by atoms with Crippen LogP contribution in [0.1, 0.15) is 44.0 Å². The number of hydrogen-bond acceptors (Lipinski definition) is 2. The predicted octanol–water partition coefficient (Wildman–Crippen LogP) is 2.85. The third-order valence-corrected chi connectivity index (χ3v) is 3.31. The molecule has 0 bridgehead atoms. The highest BCUT2D eigenvalue weighted by Gasteiger charge is 2.19. The van der Waals surface area contributed by atoms with Gasteiger partial charge >= 0.3 is 0 Å². The molecule has 1 aromatic rings. The molecule has 1 fully saturated rings. The Morgan fingerprint density at radius 2 is 1.92 bits per heavy atom. The van der Waals surface area contributed by atoms with Gasteiger partial charge in [0.1, 0.15) is 5.82 Å². The fourth-order valence-electron chi connectivity index (χ4n) is 2.10. The minimum absolute atomic E-state index is 0.623. The van der Waals surface area contributed by atoms with E-state index in [9.17, 15) is 0 Å². The monoisotopic (exact) mass is 243 g/mol. The van der Waals surface area contributed by atoms with E-state index in [1.807, 2.05) is 6.92 Å². The van der Waals surface area contributed by atoms with Crippen LogP contribution >= 0.6 is 15.9 Å². The van der Waals surface area contributed by atoms with Gasteiger partial charge in [0, 0.05) is 6.04 Å². The first-order valence-electron chi connectivity index (χ1n) is 4.86. The number of rotatable bonds is 1. The molecule has 0 saturated heterocycles. The maximum absolute atomic E-state index is 4.06. The molecule has 1 aliphatic rings. The van der Waals surface area contributed by atoms with Gasteiger partial charge in [0.05, 0.1) is 0 Å². The van der Waals surface area contributed by atoms with Crippen LogP contribution in [-0.2, 0) is 0 Å². The molecule has 72 valence electrons. The van der Waals surface area contributed by atoms with Crippen LogP contribution in [0.5, 0.6) is 0 Å². The van der Waals surface area contributed by atoms with Crippen molar-refractivity contribution >= 4 is 15.9 Å². The van der Waals surface area contributed by atoms with Gasteiger partial charge in [-0.2, -0.15) is 0 Å². The molecule has 4 heteroatoms. The van der Waals surface area contributed by atoms with Crippen LogP contribution in [0.2, 0.25) is 0 Å². The molecular weight excluding hydrogens is 230 g/mol. The van der Waals surface area contributed by atoms with Crippen molar-refractivity contribution in [3.8, 4) is 0 Å². The van der Waals surface area contributed by atoms with Gasteiger partial charge in [-0.1, -0.05) is 19.3 Å². The number of nitrogens with zero attached hydrogens (tertiary/aromatic N) is 3. The van der Waals surface area contributed by atoms with Crippen molar-refractivity contribution in [2.75, 3.05) is 0 Å². The van der Waals surface area contributed by atoms with Crippen LogP contribution in [0.25, 0.3) is 0 Å². The second-order valence-corrected chi connectivity index (χ2v) is 4.39. The lowest BCUT2D eigenvalue weighted by Gasteiger charge is -2.24. The topological polar surface area (TPSA) is 30.7 Å². The Morgan fingerprint density at radius 3 is 2.46 bits per heavy atom. The Balaban J connectivity index is 2.22. The molecule has 1 aliphatic carbocycles. The minimum atomic E-state index is 0.623. The van der Waals surface area contributed by atoms with Gasteiger partial charge < -0.3 is 4.57 Å². The smallest absolute Gasteiger partial charge is 0.200 e. The van der Waals surface area contributed by atoms with Gasteiger partial charge in [-0.3, -0.25) is 0 Å². The molecule has 2 rings (SSSR count). The van der Waals surface area contributed by atoms with Crippen molar-refractivity contribution in [1.82, 2.24) is 14.8 Å². The molecule has 13 heavy (non-hydrogen) atoms. The van der Waals surface area contributed by atoms with E-state index in [1.54, 1.807) is 0 Å². The highest BCUT2D eigenvalue weighted by molar-refractivity contribution is 9.10. The molecule has 1 heterocycles. The van der Waals surface area contributed by atoms with E-state index in [1.165, 1.54) is 32.1 Å². The average molecular weight is 244 g/mol. The molecule has 0 spiro atoms. The molecule has 1 aromatic heterocycles. The first-order valence-corrected chi connectivity index (χ1v) is 5.65. The van der Waals surface area contributed by atoms with Gasteiger partial charge in [-0.05, 0) is 35.7 Å². The fourth-order valence-corrected chi connectivity index (χ4v) is 2.72. The zero-order valence-corrected chi connectivity index (χ0v) is 9.42. The van der Waals surface area contributed by atoms with E-state index in [4.69, 9.17) is 0 Å². The van der Waals surface area contributed by atoms with Gasteiger partial charge in [0.25, 0.3) is 0 Å². The molecule has 0 amide bonds. The SMILES string of the molecule is Cc1nnc(Br)n1C1CCCCC1. The van der Waals surface area contributed by atoms with Crippen molar-refractivity contribution in [3.63, 3.8) is 0 Å². The van der Waals surface area contributed by atoms with Gasteiger partial charge in [0.2, 0.25) is 0 Å². The largest absolute Gasteiger partial charge is 0.303 e. The van der Waals surface area contributed by atoms with E-state index in [-0.39, 0.29) is 0 Å². The minimum Gasteiger partial charge on any atom is -0.303 e. The number of hydrogen-bond donors (Lipinski definition) is 0. The normalized spacial score (nSPS) is 19.2. The summed E-state index contributed by atoms with van der Waals surface area (Å²) in [6.07, 6.45) is 6.62. The summed E-state index contributed by atoms with van der Waals surface area (Å²) in [6.45, 7) is 2.02. The number of halogens is 1. The molecule has 1 saturated carbocycles. The van der Waals surface area contributed by atoms with E-state index in [0.29, 0.717) is 6.04 Å². The predicted molar refractivity (Wildman–Crippen MR) is 54.6 cm³/mol. The van der Waals surface area contributed by atoms with Crippen molar-refractivity contribution in [3.05, 3.63) is 10.6 Å². The van der Waals surface area contributed by atoms with E-state index < -0.39 is 0 Å². The summed E-state index contributed by atoms with van der Waals surface area (Å²) < 4.78 is 3.11. The summed E-state index contributed by atoms with van der Waals surface area (Å²) in [7, 11) is 0. The quantitative estimate of drug-likeness (QED) is 0.760. The van der Waals surface area contributed by atoms with Crippen LogP contribution in [0.4, 0.5) is 0 Å². The van der Waals surface area contributed by atoms with Gasteiger partial charge in [-0.25, -0.2) is 0 Å². The lowest BCUT2D eigenvalue weighted by Crippen LogP contribution is -2.14. The zero-order valence-electron chi connectivity index (χ0n) is 7.83. The Labute approximate surface area is 86.7 Å². The van der Waals surface area contributed by atoms with Crippen LogP contribution in [-0.4, -0.2) is 14.8 Å². The van der Waals surface area contributed by atoms with Crippen LogP contribution in [0.3, 0.4) is 0 Å². The Hall–Kier alpha value is -0.380. The Kier molecular flexibility index (Phi) is 2.67. The second kappa shape index (κ2) is 3.78. The lowest BCUT2D eigenvalue weighted by atomic mass is 9.95. The van der Waals surface area contributed by atoms with Gasteiger partial charge in [-0.15, -0.1) is 10.2 Å². The molecule has 0 N–H and O–H groups in total. The van der Waals surface area contributed by atoms with Gasteiger partial charge in [0.15, 0.2) is 4.73 Å². The second-order valence-electron chi connectivity index (χ2n) is 3.68. The maximum atomic E-state index is 4.06. The maximum Gasteiger partial charge on any atom is 0.200 e. The first-order chi connectivity index (χ1) is 6.29. The molecular formula is C9H14BrN3. The summed E-state index contributed by atoms with van der Waals surface area (Å²) >= 11 is 3.44. The highest BCUT2D eigenvalue weighted by atomic mass is 79.9. The molecule has 3 nitrogen and oxygen atoms in total. The van der Waals surface area contributed by atoms with Crippen LogP contribution in [0, 0.1) is 6.92 Å². The summed E-state index contributed by atoms with van der Waals surface area (Å²) in [4.78, 5) is 0. The summed E-state index contributed by atoms with van der Waals surface area (Å²) in [6, 6.07) is 0.623. The number of aromatic nitrogens is 3. The summed E-state index contributed by atoms with van der Waals surface area (Å²) in [5.74, 6) is 1.03. The molecule has 0 radical (unpaired) electrons. The van der Waals surface area contributed by atoms with Crippen molar-refractivity contribution < 1.29 is 0 Å². The van der Waals surface area contributed by atoms with Crippen LogP contribution in [0.15, 0.2) is 4.73 Å². The van der Waals surface area contributed by atoms with E-state index in [2.05, 4.69) is 30.7 Å². The van der Waals surface area contributed by atoms with Crippen molar-refractivity contribution in [2.45, 2.75) is 45.1 Å². The number of aryl methyl sites for hydroxylation is 1. The summed E-state index contributed by atoms with van der Waals surface area (Å²) in [5, 5.41) is 8.08. The molecule has 0 aliphatic heterocycles. The third kappa shape index (κ3) is 1.77. The standard InChI is InChI=1S/C9H14BrN3/c1-7-11-12-9(10)13(7)8-5-3-2-4-6-8/h8H,2-6H2,1H3. The third-order valence-electron chi connectivity index (χ3n) is 2.76. The Morgan fingerprint density at radius 1 is 1.23 bits per heavy atom. The summed E-state index contributed by atoms with van der Waals surface area (Å²) in [5.41, 5.74) is 0. The highest BCUT2D eigenvalue weighted by Crippen LogP contribution is 2.30. The van der Waals surface area contributed by atoms with E-state index in [0.717, 1.165) is 10.6 Å². The molecule has 0 aromatic carbocycles. The van der Waals surface area contributed by atoms with Crippen LogP contribution < -0.4 is 0 Å². The van der Waals surface area contributed by atoms with Crippen molar-refractivity contribution in [2.24, 2.45) is 0 Å². The molecule has 0 unspecified atom stereocenters. The zero-order chi connectivity index (χ0) is 9.26. The average Bonchev–Trinajstić information content (AvgIpc) is 2.48. The fraction of sp³-hybridized carbons (Fsp3) is 0.778. The lowest BCUT2D eigenvalue weighted by molar-refractivity contribution is 0.344. The molecule has 0 atom stereocenters. The van der Waals surface area contributed by atoms with E-state index >= 15 is 0 Å². The Bertz CT molecular complexity index is 270. The van der Waals surface area contributed by atoms with Crippen molar-refractivity contribution in [1.29, 1.82) is 0 Å². The first kappa shape index (κ1) is 9.19.